The summed E-state index contributed by atoms with van der Waals surface area (Å²) in [7, 11) is 0. The van der Waals surface area contributed by atoms with Gasteiger partial charge in [-0.25, -0.2) is 4.98 Å². The van der Waals surface area contributed by atoms with Gasteiger partial charge in [0, 0.05) is 12.6 Å². The van der Waals surface area contributed by atoms with E-state index < -0.39 is 0 Å². The van der Waals surface area contributed by atoms with Crippen molar-refractivity contribution in [2.24, 2.45) is 0 Å². The summed E-state index contributed by atoms with van der Waals surface area (Å²) < 4.78 is 1.88. The van der Waals surface area contributed by atoms with E-state index in [1.165, 1.54) is 25.7 Å². The molecular formula is C12H24N4. The highest BCUT2D eigenvalue weighted by Gasteiger charge is 2.01. The lowest BCUT2D eigenvalue weighted by Crippen LogP contribution is -2.28. The number of nitrogens with zero attached hydrogens (tertiary/aromatic N) is 3. The number of hydrogen-bond donors (Lipinski definition) is 1. The Morgan fingerprint density at radius 2 is 2.19 bits per heavy atom. The summed E-state index contributed by atoms with van der Waals surface area (Å²) in [6.45, 7) is 6.56. The van der Waals surface area contributed by atoms with Gasteiger partial charge in [-0.2, -0.15) is 5.10 Å². The molecule has 0 spiro atoms. The fourth-order valence-electron chi connectivity index (χ4n) is 1.68. The molecule has 0 saturated carbocycles. The molecular weight excluding hydrogens is 200 g/mol. The van der Waals surface area contributed by atoms with Crippen LogP contribution in [0.15, 0.2) is 12.7 Å². The van der Waals surface area contributed by atoms with Crippen molar-refractivity contribution in [3.8, 4) is 0 Å². The molecule has 0 fully saturated rings. The Morgan fingerprint density at radius 3 is 2.88 bits per heavy atom. The maximum atomic E-state index is 4.09. The molecule has 4 heteroatoms. The molecule has 0 aliphatic carbocycles. The van der Waals surface area contributed by atoms with Crippen LogP contribution < -0.4 is 5.32 Å². The highest BCUT2D eigenvalue weighted by atomic mass is 15.3. The van der Waals surface area contributed by atoms with Gasteiger partial charge in [0.05, 0.1) is 0 Å². The Kier molecular flexibility index (Phi) is 6.81. The number of unbranched alkanes of at least 4 members (excludes halogenated alkanes) is 3. The van der Waals surface area contributed by atoms with E-state index in [0.29, 0.717) is 6.04 Å². The third kappa shape index (κ3) is 5.85. The van der Waals surface area contributed by atoms with Crippen LogP contribution in [-0.2, 0) is 6.54 Å². The first-order valence-electron chi connectivity index (χ1n) is 6.38. The van der Waals surface area contributed by atoms with Crippen molar-refractivity contribution in [2.75, 3.05) is 6.54 Å². The largest absolute Gasteiger partial charge is 0.314 e. The average molecular weight is 224 g/mol. The van der Waals surface area contributed by atoms with Crippen LogP contribution >= 0.6 is 0 Å². The summed E-state index contributed by atoms with van der Waals surface area (Å²) in [6, 6.07) is 0.561. The van der Waals surface area contributed by atoms with Gasteiger partial charge in [-0.15, -0.1) is 0 Å². The van der Waals surface area contributed by atoms with Crippen LogP contribution in [0.25, 0.3) is 0 Å². The molecule has 0 aliphatic heterocycles. The van der Waals surface area contributed by atoms with Gasteiger partial charge >= 0.3 is 0 Å². The van der Waals surface area contributed by atoms with E-state index >= 15 is 0 Å². The smallest absolute Gasteiger partial charge is 0.137 e. The molecule has 4 nitrogen and oxygen atoms in total. The van der Waals surface area contributed by atoms with Gasteiger partial charge in [-0.05, 0) is 26.3 Å². The minimum atomic E-state index is 0.561. The summed E-state index contributed by atoms with van der Waals surface area (Å²) in [5.41, 5.74) is 0. The molecule has 1 unspecified atom stereocenters. The van der Waals surface area contributed by atoms with E-state index in [4.69, 9.17) is 0 Å². The number of nitrogens with one attached hydrogen (secondary N) is 1. The van der Waals surface area contributed by atoms with Crippen molar-refractivity contribution < 1.29 is 0 Å². The molecule has 1 atom stereocenters. The van der Waals surface area contributed by atoms with Crippen LogP contribution in [0.4, 0.5) is 0 Å². The second-order valence-corrected chi connectivity index (χ2v) is 4.36. The molecule has 1 rings (SSSR count). The molecule has 1 aromatic rings. The van der Waals surface area contributed by atoms with Crippen molar-refractivity contribution >= 4 is 0 Å². The summed E-state index contributed by atoms with van der Waals surface area (Å²) in [4.78, 5) is 3.93. The standard InChI is InChI=1S/C12H24N4/c1-3-4-5-6-8-14-12(2)7-9-16-11-13-10-15-16/h10-12,14H,3-9H2,1-2H3. The second kappa shape index (κ2) is 8.28. The van der Waals surface area contributed by atoms with Gasteiger partial charge in [0.1, 0.15) is 12.7 Å². The summed E-state index contributed by atoms with van der Waals surface area (Å²) in [5, 5.41) is 7.63. The predicted molar refractivity (Wildman–Crippen MR) is 66.2 cm³/mol. The van der Waals surface area contributed by atoms with Crippen molar-refractivity contribution in [3.05, 3.63) is 12.7 Å². The predicted octanol–water partition coefficient (Wildman–Crippen LogP) is 2.23. The molecule has 0 aromatic carbocycles. The molecule has 16 heavy (non-hydrogen) atoms. The van der Waals surface area contributed by atoms with Crippen molar-refractivity contribution in [1.82, 2.24) is 20.1 Å². The lowest BCUT2D eigenvalue weighted by molar-refractivity contribution is 0.450. The van der Waals surface area contributed by atoms with E-state index in [-0.39, 0.29) is 0 Å². The lowest BCUT2D eigenvalue weighted by Gasteiger charge is -2.13. The van der Waals surface area contributed by atoms with Crippen LogP contribution in [0.3, 0.4) is 0 Å². The first-order chi connectivity index (χ1) is 7.83. The van der Waals surface area contributed by atoms with Crippen molar-refractivity contribution in [3.63, 3.8) is 0 Å². The zero-order chi connectivity index (χ0) is 11.6. The summed E-state index contributed by atoms with van der Waals surface area (Å²) >= 11 is 0. The minimum absolute atomic E-state index is 0.561. The highest BCUT2D eigenvalue weighted by Crippen LogP contribution is 1.99. The molecule has 1 N–H and O–H groups in total. The topological polar surface area (TPSA) is 42.7 Å². The van der Waals surface area contributed by atoms with E-state index in [1.54, 1.807) is 12.7 Å². The van der Waals surface area contributed by atoms with Gasteiger partial charge in [0.15, 0.2) is 0 Å². The van der Waals surface area contributed by atoms with Gasteiger partial charge in [0.2, 0.25) is 0 Å². The molecule has 92 valence electrons. The fraction of sp³-hybridized carbons (Fsp3) is 0.833. The monoisotopic (exact) mass is 224 g/mol. The number of hydrogen-bond acceptors (Lipinski definition) is 3. The van der Waals surface area contributed by atoms with Crippen molar-refractivity contribution in [1.29, 1.82) is 0 Å². The Bertz CT molecular complexity index is 246. The number of aryl methyl sites for hydroxylation is 1. The molecule has 1 heterocycles. The molecule has 0 saturated heterocycles. The maximum absolute atomic E-state index is 4.09. The molecule has 0 amide bonds. The average Bonchev–Trinajstić information content (AvgIpc) is 2.79. The number of aromatic nitrogens is 3. The Hall–Kier alpha value is -0.900. The second-order valence-electron chi connectivity index (χ2n) is 4.36. The fourth-order valence-corrected chi connectivity index (χ4v) is 1.68. The molecule has 0 aliphatic rings. The Balaban J connectivity index is 1.96. The lowest BCUT2D eigenvalue weighted by atomic mass is 10.2. The summed E-state index contributed by atoms with van der Waals surface area (Å²) in [6.07, 6.45) is 9.77. The quantitative estimate of drug-likeness (QED) is 0.654. The number of rotatable bonds is 9. The van der Waals surface area contributed by atoms with Gasteiger partial charge < -0.3 is 5.32 Å². The normalized spacial score (nSPS) is 12.9. The van der Waals surface area contributed by atoms with E-state index in [2.05, 4.69) is 29.2 Å². The van der Waals surface area contributed by atoms with Gasteiger partial charge in [-0.3, -0.25) is 4.68 Å². The maximum Gasteiger partial charge on any atom is 0.137 e. The Morgan fingerprint density at radius 1 is 1.31 bits per heavy atom. The summed E-state index contributed by atoms with van der Waals surface area (Å²) in [5.74, 6) is 0. The zero-order valence-corrected chi connectivity index (χ0v) is 10.5. The van der Waals surface area contributed by atoms with Crippen LogP contribution in [-0.4, -0.2) is 27.4 Å². The van der Waals surface area contributed by atoms with Crippen LogP contribution in [0.5, 0.6) is 0 Å². The highest BCUT2D eigenvalue weighted by molar-refractivity contribution is 4.63. The van der Waals surface area contributed by atoms with Gasteiger partial charge in [0.25, 0.3) is 0 Å². The SMILES string of the molecule is CCCCCCNC(C)CCn1cncn1. The van der Waals surface area contributed by atoms with Crippen LogP contribution in [0, 0.1) is 0 Å². The first kappa shape index (κ1) is 13.2. The third-order valence-electron chi connectivity index (χ3n) is 2.78. The van der Waals surface area contributed by atoms with Gasteiger partial charge in [-0.1, -0.05) is 26.2 Å². The third-order valence-corrected chi connectivity index (χ3v) is 2.78. The molecule has 0 radical (unpaired) electrons. The van der Waals surface area contributed by atoms with E-state index in [9.17, 15) is 0 Å². The van der Waals surface area contributed by atoms with Crippen molar-refractivity contribution in [2.45, 2.75) is 58.5 Å². The molecule has 0 bridgehead atoms. The minimum Gasteiger partial charge on any atom is -0.314 e. The van der Waals surface area contributed by atoms with E-state index in [0.717, 1.165) is 19.5 Å². The van der Waals surface area contributed by atoms with E-state index in [1.807, 2.05) is 4.68 Å². The zero-order valence-electron chi connectivity index (χ0n) is 10.5. The van der Waals surface area contributed by atoms with Crippen LogP contribution in [0.1, 0.15) is 46.0 Å². The Labute approximate surface area is 98.5 Å². The first-order valence-corrected chi connectivity index (χ1v) is 6.38. The van der Waals surface area contributed by atoms with Crippen LogP contribution in [0.2, 0.25) is 0 Å². The molecule has 1 aromatic heterocycles.